The number of rotatable bonds is 3. The van der Waals surface area contributed by atoms with E-state index in [4.69, 9.17) is 9.47 Å². The SMILES string of the molecule is CC1CC(OC(=O)c2cc(F)ccc2[N+](=O)[O-])CC(C)O1. The Kier molecular flexibility index (Phi) is 4.52. The molecular weight excluding hydrogens is 281 g/mol. The Morgan fingerprint density at radius 3 is 2.57 bits per heavy atom. The van der Waals surface area contributed by atoms with Crippen molar-refractivity contribution < 1.29 is 23.6 Å². The molecule has 0 amide bonds. The molecule has 0 saturated carbocycles. The van der Waals surface area contributed by atoms with Gasteiger partial charge in [-0.25, -0.2) is 9.18 Å². The summed E-state index contributed by atoms with van der Waals surface area (Å²) < 4.78 is 24.0. The Labute approximate surface area is 121 Å². The second kappa shape index (κ2) is 6.17. The fourth-order valence-electron chi connectivity index (χ4n) is 2.49. The highest BCUT2D eigenvalue weighted by molar-refractivity contribution is 5.94. The minimum Gasteiger partial charge on any atom is -0.458 e. The van der Waals surface area contributed by atoms with Gasteiger partial charge in [-0.2, -0.15) is 0 Å². The van der Waals surface area contributed by atoms with E-state index in [0.717, 1.165) is 18.2 Å². The molecule has 0 bridgehead atoms. The Morgan fingerprint density at radius 1 is 1.38 bits per heavy atom. The van der Waals surface area contributed by atoms with Gasteiger partial charge in [0.2, 0.25) is 0 Å². The molecule has 0 spiro atoms. The van der Waals surface area contributed by atoms with Crippen molar-refractivity contribution in [1.82, 2.24) is 0 Å². The van der Waals surface area contributed by atoms with Crippen LogP contribution in [0.4, 0.5) is 10.1 Å². The quantitative estimate of drug-likeness (QED) is 0.487. The van der Waals surface area contributed by atoms with Crippen molar-refractivity contribution >= 4 is 11.7 Å². The number of benzene rings is 1. The van der Waals surface area contributed by atoms with Gasteiger partial charge < -0.3 is 9.47 Å². The van der Waals surface area contributed by atoms with Crippen LogP contribution in [0.15, 0.2) is 18.2 Å². The molecule has 2 atom stereocenters. The van der Waals surface area contributed by atoms with Gasteiger partial charge >= 0.3 is 5.97 Å². The van der Waals surface area contributed by atoms with Gasteiger partial charge in [0.1, 0.15) is 17.5 Å². The number of nitrogens with zero attached hydrogens (tertiary/aromatic N) is 1. The third-order valence-corrected chi connectivity index (χ3v) is 3.30. The lowest BCUT2D eigenvalue weighted by atomic mass is 10.0. The van der Waals surface area contributed by atoms with Crippen molar-refractivity contribution in [2.75, 3.05) is 0 Å². The molecule has 114 valence electrons. The van der Waals surface area contributed by atoms with Gasteiger partial charge in [0, 0.05) is 18.9 Å². The Hall–Kier alpha value is -2.02. The van der Waals surface area contributed by atoms with E-state index in [9.17, 15) is 19.3 Å². The van der Waals surface area contributed by atoms with E-state index in [2.05, 4.69) is 0 Å². The molecule has 0 radical (unpaired) electrons. The summed E-state index contributed by atoms with van der Waals surface area (Å²) in [6.45, 7) is 3.72. The molecule has 1 saturated heterocycles. The third-order valence-electron chi connectivity index (χ3n) is 3.30. The highest BCUT2D eigenvalue weighted by Gasteiger charge is 2.30. The number of nitro groups is 1. The Bertz CT molecular complexity index is 552. The molecule has 21 heavy (non-hydrogen) atoms. The van der Waals surface area contributed by atoms with Crippen LogP contribution in [0.2, 0.25) is 0 Å². The highest BCUT2D eigenvalue weighted by Crippen LogP contribution is 2.25. The summed E-state index contributed by atoms with van der Waals surface area (Å²) >= 11 is 0. The van der Waals surface area contributed by atoms with Gasteiger partial charge in [-0.3, -0.25) is 10.1 Å². The molecule has 1 aliphatic heterocycles. The summed E-state index contributed by atoms with van der Waals surface area (Å²) in [7, 11) is 0. The lowest BCUT2D eigenvalue weighted by Gasteiger charge is -2.31. The number of carbonyl (C=O) groups excluding carboxylic acids is 1. The summed E-state index contributed by atoms with van der Waals surface area (Å²) in [6.07, 6.45) is 0.514. The number of halogens is 1. The lowest BCUT2D eigenvalue weighted by molar-refractivity contribution is -0.385. The van der Waals surface area contributed by atoms with Crippen molar-refractivity contribution in [3.8, 4) is 0 Å². The molecule has 6 nitrogen and oxygen atoms in total. The first-order chi connectivity index (χ1) is 9.86. The zero-order valence-electron chi connectivity index (χ0n) is 11.7. The summed E-state index contributed by atoms with van der Waals surface area (Å²) in [5, 5.41) is 10.9. The van der Waals surface area contributed by atoms with Crippen LogP contribution in [-0.4, -0.2) is 29.2 Å². The Morgan fingerprint density at radius 2 is 2.00 bits per heavy atom. The fourth-order valence-corrected chi connectivity index (χ4v) is 2.49. The number of hydrogen-bond donors (Lipinski definition) is 0. The zero-order chi connectivity index (χ0) is 15.6. The monoisotopic (exact) mass is 297 g/mol. The molecule has 1 aromatic carbocycles. The summed E-state index contributed by atoms with van der Waals surface area (Å²) in [5.41, 5.74) is -0.832. The first-order valence-corrected chi connectivity index (χ1v) is 6.67. The van der Waals surface area contributed by atoms with Crippen molar-refractivity contribution in [2.24, 2.45) is 0 Å². The smallest absolute Gasteiger partial charge is 0.345 e. The van der Waals surface area contributed by atoms with Gasteiger partial charge in [-0.1, -0.05) is 0 Å². The van der Waals surface area contributed by atoms with E-state index < -0.39 is 22.4 Å². The van der Waals surface area contributed by atoms with Crippen molar-refractivity contribution in [3.63, 3.8) is 0 Å². The number of ether oxygens (including phenoxy) is 2. The highest BCUT2D eigenvalue weighted by atomic mass is 19.1. The molecule has 1 aromatic rings. The molecule has 1 aliphatic rings. The van der Waals surface area contributed by atoms with Gasteiger partial charge in [0.05, 0.1) is 17.1 Å². The van der Waals surface area contributed by atoms with Crippen molar-refractivity contribution in [1.29, 1.82) is 0 Å². The molecule has 2 unspecified atom stereocenters. The number of carbonyl (C=O) groups is 1. The van der Waals surface area contributed by atoms with E-state index in [1.54, 1.807) is 0 Å². The third kappa shape index (κ3) is 3.75. The van der Waals surface area contributed by atoms with Crippen LogP contribution in [0, 0.1) is 15.9 Å². The van der Waals surface area contributed by atoms with Crippen LogP contribution >= 0.6 is 0 Å². The standard InChI is InChI=1S/C14H16FNO5/c1-8-5-11(6-9(2)20-8)21-14(17)12-7-10(15)3-4-13(12)16(18)19/h3-4,7-9,11H,5-6H2,1-2H3. The maximum atomic E-state index is 13.2. The fraction of sp³-hybridized carbons (Fsp3) is 0.500. The lowest BCUT2D eigenvalue weighted by Crippen LogP contribution is -2.35. The largest absolute Gasteiger partial charge is 0.458 e. The predicted octanol–water partition coefficient (Wildman–Crippen LogP) is 2.85. The summed E-state index contributed by atoms with van der Waals surface area (Å²) in [4.78, 5) is 22.2. The molecule has 1 heterocycles. The summed E-state index contributed by atoms with van der Waals surface area (Å²) in [5.74, 6) is -1.60. The molecule has 0 aromatic heterocycles. The van der Waals surface area contributed by atoms with Crippen LogP contribution in [0.5, 0.6) is 0 Å². The maximum absolute atomic E-state index is 13.2. The second-order valence-corrected chi connectivity index (χ2v) is 5.17. The number of hydrogen-bond acceptors (Lipinski definition) is 5. The van der Waals surface area contributed by atoms with Crippen molar-refractivity contribution in [3.05, 3.63) is 39.7 Å². The second-order valence-electron chi connectivity index (χ2n) is 5.17. The van der Waals surface area contributed by atoms with Gasteiger partial charge in [-0.05, 0) is 26.0 Å². The maximum Gasteiger partial charge on any atom is 0.345 e. The molecule has 0 N–H and O–H groups in total. The average Bonchev–Trinajstić information content (AvgIpc) is 2.36. The number of nitro benzene ring substituents is 1. The van der Waals surface area contributed by atoms with Crippen LogP contribution in [-0.2, 0) is 9.47 Å². The first-order valence-electron chi connectivity index (χ1n) is 6.67. The molecular formula is C14H16FNO5. The molecule has 1 fully saturated rings. The summed E-state index contributed by atoms with van der Waals surface area (Å²) in [6, 6.07) is 2.72. The van der Waals surface area contributed by atoms with E-state index in [1.165, 1.54) is 0 Å². The minimum absolute atomic E-state index is 0.0611. The zero-order valence-corrected chi connectivity index (χ0v) is 11.7. The van der Waals surface area contributed by atoms with E-state index >= 15 is 0 Å². The van der Waals surface area contributed by atoms with Crippen LogP contribution < -0.4 is 0 Å². The van der Waals surface area contributed by atoms with Crippen LogP contribution in [0.3, 0.4) is 0 Å². The molecule has 2 rings (SSSR count). The predicted molar refractivity (Wildman–Crippen MR) is 71.5 cm³/mol. The first kappa shape index (κ1) is 15.4. The average molecular weight is 297 g/mol. The topological polar surface area (TPSA) is 78.7 Å². The Balaban J connectivity index is 2.16. The van der Waals surface area contributed by atoms with Gasteiger partial charge in [0.15, 0.2) is 0 Å². The normalized spacial score (nSPS) is 25.4. The van der Waals surface area contributed by atoms with E-state index in [-0.39, 0.29) is 23.9 Å². The number of esters is 1. The molecule has 0 aliphatic carbocycles. The van der Waals surface area contributed by atoms with Crippen LogP contribution in [0.25, 0.3) is 0 Å². The van der Waals surface area contributed by atoms with Gasteiger partial charge in [0.25, 0.3) is 5.69 Å². The van der Waals surface area contributed by atoms with E-state index in [0.29, 0.717) is 12.8 Å². The van der Waals surface area contributed by atoms with Gasteiger partial charge in [-0.15, -0.1) is 0 Å². The van der Waals surface area contributed by atoms with Crippen molar-refractivity contribution in [2.45, 2.75) is 45.0 Å². The van der Waals surface area contributed by atoms with E-state index in [1.807, 2.05) is 13.8 Å². The van der Waals surface area contributed by atoms with Crippen LogP contribution in [0.1, 0.15) is 37.0 Å². The minimum atomic E-state index is -0.882. The molecule has 7 heteroatoms.